The molecule has 0 bridgehead atoms. The summed E-state index contributed by atoms with van der Waals surface area (Å²) >= 11 is 0. The highest BCUT2D eigenvalue weighted by molar-refractivity contribution is 6.44. The lowest BCUT2D eigenvalue weighted by atomic mass is 10.2. The fourth-order valence-electron chi connectivity index (χ4n) is 2.09. The zero-order chi connectivity index (χ0) is 18.2. The molecule has 0 aliphatic rings. The Morgan fingerprint density at radius 1 is 0.880 bits per heavy atom. The third-order valence-corrected chi connectivity index (χ3v) is 3.22. The van der Waals surface area contributed by atoms with Crippen molar-refractivity contribution in [1.82, 2.24) is 0 Å². The summed E-state index contributed by atoms with van der Waals surface area (Å²) in [6.07, 6.45) is 0. The Labute approximate surface area is 144 Å². The molecule has 2 rings (SSSR count). The molecular formula is C18H18N2O5. The fourth-order valence-corrected chi connectivity index (χ4v) is 2.09. The van der Waals surface area contributed by atoms with E-state index in [1.165, 1.54) is 19.2 Å². The van der Waals surface area contributed by atoms with Gasteiger partial charge in [0.2, 0.25) is 0 Å². The van der Waals surface area contributed by atoms with Crippen molar-refractivity contribution < 1.29 is 23.9 Å². The lowest BCUT2D eigenvalue weighted by molar-refractivity contribution is -0.133. The summed E-state index contributed by atoms with van der Waals surface area (Å²) in [5.74, 6) is -1.95. The number of hydrogen-bond donors (Lipinski definition) is 2. The lowest BCUT2D eigenvalue weighted by Gasteiger charge is -2.12. The van der Waals surface area contributed by atoms with E-state index in [0.717, 1.165) is 0 Å². The maximum Gasteiger partial charge on any atom is 0.339 e. The van der Waals surface area contributed by atoms with Gasteiger partial charge in [-0.25, -0.2) is 4.79 Å². The van der Waals surface area contributed by atoms with Crippen LogP contribution in [0.25, 0.3) is 0 Å². The smallest absolute Gasteiger partial charge is 0.339 e. The van der Waals surface area contributed by atoms with Crippen LogP contribution in [0.5, 0.6) is 5.75 Å². The van der Waals surface area contributed by atoms with Gasteiger partial charge in [0.15, 0.2) is 0 Å². The van der Waals surface area contributed by atoms with Crippen LogP contribution >= 0.6 is 0 Å². The molecule has 0 saturated carbocycles. The van der Waals surface area contributed by atoms with E-state index in [4.69, 9.17) is 4.74 Å². The van der Waals surface area contributed by atoms with Gasteiger partial charge in [0.05, 0.1) is 30.7 Å². The third kappa shape index (κ3) is 4.57. The van der Waals surface area contributed by atoms with E-state index in [1.807, 2.05) is 6.92 Å². The van der Waals surface area contributed by atoms with Crippen LogP contribution in [-0.4, -0.2) is 31.5 Å². The SMILES string of the molecule is CCOc1ccccc1NC(=O)C(=O)Nc1ccccc1C(=O)OC. The van der Waals surface area contributed by atoms with E-state index < -0.39 is 17.8 Å². The van der Waals surface area contributed by atoms with Crippen LogP contribution in [0.2, 0.25) is 0 Å². The molecule has 0 fully saturated rings. The molecule has 7 nitrogen and oxygen atoms in total. The summed E-state index contributed by atoms with van der Waals surface area (Å²) in [5.41, 5.74) is 0.721. The molecule has 2 aromatic rings. The number of ether oxygens (including phenoxy) is 2. The topological polar surface area (TPSA) is 93.7 Å². The standard InChI is InChI=1S/C18H18N2O5/c1-3-25-15-11-7-6-10-14(15)20-17(22)16(21)19-13-9-5-4-8-12(13)18(23)24-2/h4-11H,3H2,1-2H3,(H,19,21)(H,20,22). The Bertz CT molecular complexity index is 789. The maximum absolute atomic E-state index is 12.1. The molecule has 2 amide bonds. The Kier molecular flexibility index (Phi) is 6.11. The summed E-state index contributed by atoms with van der Waals surface area (Å²) in [6.45, 7) is 2.24. The number of hydrogen-bond acceptors (Lipinski definition) is 5. The van der Waals surface area contributed by atoms with E-state index in [2.05, 4.69) is 15.4 Å². The van der Waals surface area contributed by atoms with Crippen molar-refractivity contribution in [2.24, 2.45) is 0 Å². The van der Waals surface area contributed by atoms with E-state index in [0.29, 0.717) is 18.0 Å². The van der Waals surface area contributed by atoms with Gasteiger partial charge in [-0.05, 0) is 31.2 Å². The van der Waals surface area contributed by atoms with Crippen molar-refractivity contribution in [1.29, 1.82) is 0 Å². The molecule has 2 N–H and O–H groups in total. The summed E-state index contributed by atoms with van der Waals surface area (Å²) in [7, 11) is 1.23. The first-order valence-corrected chi connectivity index (χ1v) is 7.58. The lowest BCUT2D eigenvalue weighted by Crippen LogP contribution is -2.30. The second-order valence-corrected chi connectivity index (χ2v) is 4.87. The van der Waals surface area contributed by atoms with Crippen LogP contribution in [0, 0.1) is 0 Å². The highest BCUT2D eigenvalue weighted by Gasteiger charge is 2.19. The molecule has 0 atom stereocenters. The number of methoxy groups -OCH3 is 1. The Morgan fingerprint density at radius 3 is 2.08 bits per heavy atom. The molecule has 0 aliphatic heterocycles. The average Bonchev–Trinajstić information content (AvgIpc) is 2.63. The number of amides is 2. The average molecular weight is 342 g/mol. The number of carbonyl (C=O) groups excluding carboxylic acids is 3. The molecule has 0 spiro atoms. The van der Waals surface area contributed by atoms with Gasteiger partial charge in [-0.1, -0.05) is 24.3 Å². The Hall–Kier alpha value is -3.35. The van der Waals surface area contributed by atoms with E-state index in [9.17, 15) is 14.4 Å². The second-order valence-electron chi connectivity index (χ2n) is 4.87. The van der Waals surface area contributed by atoms with Gasteiger partial charge in [0.25, 0.3) is 0 Å². The van der Waals surface area contributed by atoms with Crippen LogP contribution < -0.4 is 15.4 Å². The minimum absolute atomic E-state index is 0.154. The Balaban J connectivity index is 2.12. The molecule has 7 heteroatoms. The molecule has 0 aromatic heterocycles. The summed E-state index contributed by atoms with van der Waals surface area (Å²) in [5, 5.41) is 4.89. The molecule has 0 heterocycles. The number of nitrogens with one attached hydrogen (secondary N) is 2. The molecule has 2 aromatic carbocycles. The predicted octanol–water partition coefficient (Wildman–Crippen LogP) is 2.45. The highest BCUT2D eigenvalue weighted by Crippen LogP contribution is 2.23. The van der Waals surface area contributed by atoms with Gasteiger partial charge in [-0.2, -0.15) is 0 Å². The molecule has 0 saturated heterocycles. The molecule has 0 unspecified atom stereocenters. The van der Waals surface area contributed by atoms with Gasteiger partial charge < -0.3 is 20.1 Å². The normalized spacial score (nSPS) is 9.84. The monoisotopic (exact) mass is 342 g/mol. The van der Waals surface area contributed by atoms with Crippen LogP contribution in [0.1, 0.15) is 17.3 Å². The quantitative estimate of drug-likeness (QED) is 0.643. The van der Waals surface area contributed by atoms with Crippen LogP contribution in [-0.2, 0) is 14.3 Å². The van der Waals surface area contributed by atoms with Crippen molar-refractivity contribution >= 4 is 29.2 Å². The minimum Gasteiger partial charge on any atom is -0.492 e. The summed E-state index contributed by atoms with van der Waals surface area (Å²) in [6, 6.07) is 13.0. The number of carbonyl (C=O) groups is 3. The van der Waals surface area contributed by atoms with Gasteiger partial charge in [-0.3, -0.25) is 9.59 Å². The van der Waals surface area contributed by atoms with Gasteiger partial charge in [0, 0.05) is 0 Å². The molecule has 0 radical (unpaired) electrons. The summed E-state index contributed by atoms with van der Waals surface area (Å²) in [4.78, 5) is 36.0. The van der Waals surface area contributed by atoms with Crippen LogP contribution in [0.15, 0.2) is 48.5 Å². The van der Waals surface area contributed by atoms with Gasteiger partial charge in [0.1, 0.15) is 5.75 Å². The minimum atomic E-state index is -0.914. The molecule has 0 aliphatic carbocycles. The molecule has 130 valence electrons. The second kappa shape index (κ2) is 8.49. The van der Waals surface area contributed by atoms with Gasteiger partial charge in [-0.15, -0.1) is 0 Å². The molecule has 25 heavy (non-hydrogen) atoms. The number of rotatable bonds is 5. The maximum atomic E-state index is 12.1. The van der Waals surface area contributed by atoms with E-state index in [-0.39, 0.29) is 11.3 Å². The van der Waals surface area contributed by atoms with Crippen molar-refractivity contribution in [3.8, 4) is 5.75 Å². The number of para-hydroxylation sites is 3. The van der Waals surface area contributed by atoms with Crippen molar-refractivity contribution in [3.63, 3.8) is 0 Å². The van der Waals surface area contributed by atoms with Gasteiger partial charge >= 0.3 is 17.8 Å². The first kappa shape index (κ1) is 18.0. The first-order valence-electron chi connectivity index (χ1n) is 7.58. The fraction of sp³-hybridized carbons (Fsp3) is 0.167. The zero-order valence-electron chi connectivity index (χ0n) is 13.9. The van der Waals surface area contributed by atoms with Crippen molar-refractivity contribution in [2.45, 2.75) is 6.92 Å². The zero-order valence-corrected chi connectivity index (χ0v) is 13.9. The number of anilines is 2. The van der Waals surface area contributed by atoms with E-state index >= 15 is 0 Å². The van der Waals surface area contributed by atoms with Crippen molar-refractivity contribution in [3.05, 3.63) is 54.1 Å². The number of benzene rings is 2. The largest absolute Gasteiger partial charge is 0.492 e. The first-order chi connectivity index (χ1) is 12.1. The van der Waals surface area contributed by atoms with Crippen molar-refractivity contribution in [2.75, 3.05) is 24.4 Å². The summed E-state index contributed by atoms with van der Waals surface area (Å²) < 4.78 is 10.0. The number of esters is 1. The third-order valence-electron chi connectivity index (χ3n) is 3.22. The van der Waals surface area contributed by atoms with E-state index in [1.54, 1.807) is 36.4 Å². The Morgan fingerprint density at radius 2 is 1.44 bits per heavy atom. The predicted molar refractivity (Wildman–Crippen MR) is 92.7 cm³/mol. The molecular weight excluding hydrogens is 324 g/mol. The van der Waals surface area contributed by atoms with Crippen LogP contribution in [0.3, 0.4) is 0 Å². The van der Waals surface area contributed by atoms with Crippen LogP contribution in [0.4, 0.5) is 11.4 Å². The highest BCUT2D eigenvalue weighted by atomic mass is 16.5.